The molecule has 2 rings (SSSR count). The summed E-state index contributed by atoms with van der Waals surface area (Å²) in [7, 11) is 0. The summed E-state index contributed by atoms with van der Waals surface area (Å²) in [5, 5.41) is 0. The zero-order chi connectivity index (χ0) is 15.1. The highest BCUT2D eigenvalue weighted by molar-refractivity contribution is 8.00. The zero-order valence-electron chi connectivity index (χ0n) is 12.3. The number of nitrogens with one attached hydrogen (secondary N) is 1. The lowest BCUT2D eigenvalue weighted by Gasteiger charge is -2.08. The van der Waals surface area contributed by atoms with E-state index in [-0.39, 0.29) is 5.91 Å². The monoisotopic (exact) mass is 301 g/mol. The van der Waals surface area contributed by atoms with E-state index in [0.29, 0.717) is 12.4 Å². The molecule has 0 aliphatic rings. The van der Waals surface area contributed by atoms with Crippen molar-refractivity contribution in [2.24, 2.45) is 0 Å². The van der Waals surface area contributed by atoms with Crippen LogP contribution in [0.5, 0.6) is 0 Å². The molecule has 0 aromatic heterocycles. The molecule has 3 nitrogen and oxygen atoms in total. The molecule has 0 fully saturated rings. The van der Waals surface area contributed by atoms with E-state index in [1.807, 2.05) is 44.2 Å². The van der Waals surface area contributed by atoms with Crippen LogP contribution in [0.1, 0.15) is 16.7 Å². The van der Waals surface area contributed by atoms with Crippen molar-refractivity contribution in [3.05, 3.63) is 65.2 Å². The van der Waals surface area contributed by atoms with E-state index in [2.05, 4.69) is 23.7 Å². The molecule has 0 radical (unpaired) electrons. The minimum Gasteiger partial charge on any atom is -0.272 e. The van der Waals surface area contributed by atoms with Gasteiger partial charge in [-0.3, -0.25) is 9.63 Å². The molecule has 21 heavy (non-hydrogen) atoms. The van der Waals surface area contributed by atoms with Gasteiger partial charge in [0.15, 0.2) is 0 Å². The Labute approximate surface area is 129 Å². The number of carbonyl (C=O) groups excluding carboxylic acids is 1. The van der Waals surface area contributed by atoms with Gasteiger partial charge in [0.05, 0.1) is 12.4 Å². The minimum atomic E-state index is -0.128. The summed E-state index contributed by atoms with van der Waals surface area (Å²) in [6, 6.07) is 16.0. The third kappa shape index (κ3) is 5.25. The van der Waals surface area contributed by atoms with Crippen LogP contribution in [0.4, 0.5) is 0 Å². The number of amides is 1. The lowest BCUT2D eigenvalue weighted by atomic mass is 10.2. The van der Waals surface area contributed by atoms with Crippen molar-refractivity contribution in [1.29, 1.82) is 0 Å². The average Bonchev–Trinajstić information content (AvgIpc) is 2.49. The van der Waals surface area contributed by atoms with E-state index in [1.54, 1.807) is 0 Å². The second kappa shape index (κ2) is 7.86. The van der Waals surface area contributed by atoms with Gasteiger partial charge in [0, 0.05) is 4.90 Å². The quantitative estimate of drug-likeness (QED) is 0.654. The third-order valence-electron chi connectivity index (χ3n) is 2.97. The first-order valence-corrected chi connectivity index (χ1v) is 7.78. The van der Waals surface area contributed by atoms with Crippen molar-refractivity contribution in [3.8, 4) is 0 Å². The molecule has 2 aromatic carbocycles. The Morgan fingerprint density at radius 3 is 2.67 bits per heavy atom. The van der Waals surface area contributed by atoms with Crippen LogP contribution in [0.2, 0.25) is 0 Å². The normalized spacial score (nSPS) is 10.4. The van der Waals surface area contributed by atoms with Crippen molar-refractivity contribution in [3.63, 3.8) is 0 Å². The van der Waals surface area contributed by atoms with Crippen LogP contribution in [0.3, 0.4) is 0 Å². The summed E-state index contributed by atoms with van der Waals surface area (Å²) in [5.74, 6) is 0.218. The van der Waals surface area contributed by atoms with Gasteiger partial charge in [0.2, 0.25) is 0 Å². The Hall–Kier alpha value is -1.78. The lowest BCUT2D eigenvalue weighted by molar-refractivity contribution is -0.131. The maximum atomic E-state index is 11.7. The molecular weight excluding hydrogens is 282 g/mol. The fourth-order valence-corrected chi connectivity index (χ4v) is 2.72. The molecule has 1 N–H and O–H groups in total. The van der Waals surface area contributed by atoms with Gasteiger partial charge < -0.3 is 0 Å². The van der Waals surface area contributed by atoms with Gasteiger partial charge in [-0.25, -0.2) is 5.48 Å². The molecule has 1 amide bonds. The molecule has 0 saturated heterocycles. The predicted octanol–water partition coefficient (Wildman–Crippen LogP) is 3.64. The second-order valence-electron chi connectivity index (χ2n) is 4.86. The number of carbonyl (C=O) groups is 1. The highest BCUT2D eigenvalue weighted by Crippen LogP contribution is 2.23. The molecule has 0 aliphatic carbocycles. The molecule has 0 spiro atoms. The Morgan fingerprint density at radius 2 is 1.90 bits per heavy atom. The first-order valence-electron chi connectivity index (χ1n) is 6.80. The summed E-state index contributed by atoms with van der Waals surface area (Å²) in [6.07, 6.45) is 0. The van der Waals surface area contributed by atoms with E-state index in [9.17, 15) is 4.79 Å². The fourth-order valence-electron chi connectivity index (χ4n) is 1.81. The van der Waals surface area contributed by atoms with Gasteiger partial charge in [0.25, 0.3) is 5.91 Å². The molecule has 4 heteroatoms. The van der Waals surface area contributed by atoms with E-state index < -0.39 is 0 Å². The molecule has 0 unspecified atom stereocenters. The van der Waals surface area contributed by atoms with Crippen LogP contribution in [-0.4, -0.2) is 11.7 Å². The van der Waals surface area contributed by atoms with Crippen LogP contribution in [0.15, 0.2) is 53.4 Å². The zero-order valence-corrected chi connectivity index (χ0v) is 13.1. The molecule has 0 bridgehead atoms. The average molecular weight is 301 g/mol. The van der Waals surface area contributed by atoms with Crippen LogP contribution in [0.25, 0.3) is 0 Å². The van der Waals surface area contributed by atoms with Crippen molar-refractivity contribution in [1.82, 2.24) is 5.48 Å². The standard InChI is InChI=1S/C17H19NO2S/c1-13-8-9-14(2)16(10-13)21-12-17(19)18-20-11-15-6-4-3-5-7-15/h3-10H,11-12H2,1-2H3,(H,18,19). The Balaban J connectivity index is 1.74. The van der Waals surface area contributed by atoms with E-state index in [0.717, 1.165) is 10.5 Å². The number of aryl methyl sites for hydroxylation is 2. The highest BCUT2D eigenvalue weighted by atomic mass is 32.2. The number of hydroxylamine groups is 1. The van der Waals surface area contributed by atoms with Gasteiger partial charge in [0.1, 0.15) is 0 Å². The number of hydrogen-bond donors (Lipinski definition) is 1. The van der Waals surface area contributed by atoms with Gasteiger partial charge in [-0.2, -0.15) is 0 Å². The second-order valence-corrected chi connectivity index (χ2v) is 5.87. The molecule has 0 aliphatic heterocycles. The van der Waals surface area contributed by atoms with E-state index in [4.69, 9.17) is 4.84 Å². The lowest BCUT2D eigenvalue weighted by Crippen LogP contribution is -2.25. The summed E-state index contributed by atoms with van der Waals surface area (Å²) in [4.78, 5) is 18.1. The Kier molecular flexibility index (Phi) is 5.84. The Bertz CT molecular complexity index is 599. The SMILES string of the molecule is Cc1ccc(C)c(SCC(=O)NOCc2ccccc2)c1. The van der Waals surface area contributed by atoms with Gasteiger partial charge in [-0.1, -0.05) is 48.0 Å². The van der Waals surface area contributed by atoms with E-state index in [1.165, 1.54) is 22.9 Å². The van der Waals surface area contributed by atoms with Crippen molar-refractivity contribution < 1.29 is 9.63 Å². The summed E-state index contributed by atoms with van der Waals surface area (Å²) in [5.41, 5.74) is 5.89. The molecule has 2 aromatic rings. The number of thioether (sulfide) groups is 1. The predicted molar refractivity (Wildman–Crippen MR) is 86.0 cm³/mol. The van der Waals surface area contributed by atoms with Crippen LogP contribution in [-0.2, 0) is 16.2 Å². The van der Waals surface area contributed by atoms with Gasteiger partial charge in [-0.15, -0.1) is 11.8 Å². The number of rotatable bonds is 6. The van der Waals surface area contributed by atoms with Crippen molar-refractivity contribution >= 4 is 17.7 Å². The van der Waals surface area contributed by atoms with Crippen LogP contribution >= 0.6 is 11.8 Å². The summed E-state index contributed by atoms with van der Waals surface area (Å²) < 4.78 is 0. The maximum Gasteiger partial charge on any atom is 0.253 e. The Morgan fingerprint density at radius 1 is 1.14 bits per heavy atom. The fraction of sp³-hybridized carbons (Fsp3) is 0.235. The largest absolute Gasteiger partial charge is 0.272 e. The molecular formula is C17H19NO2S. The molecule has 0 heterocycles. The first kappa shape index (κ1) is 15.6. The van der Waals surface area contributed by atoms with E-state index >= 15 is 0 Å². The molecule has 0 atom stereocenters. The van der Waals surface area contributed by atoms with Gasteiger partial charge >= 0.3 is 0 Å². The highest BCUT2D eigenvalue weighted by Gasteiger charge is 2.05. The number of benzene rings is 2. The van der Waals surface area contributed by atoms with Crippen LogP contribution in [0, 0.1) is 13.8 Å². The van der Waals surface area contributed by atoms with Crippen LogP contribution < -0.4 is 5.48 Å². The van der Waals surface area contributed by atoms with Crippen molar-refractivity contribution in [2.45, 2.75) is 25.3 Å². The molecule has 110 valence electrons. The number of hydrogen-bond acceptors (Lipinski definition) is 3. The topological polar surface area (TPSA) is 38.3 Å². The summed E-state index contributed by atoms with van der Waals surface area (Å²) >= 11 is 1.52. The van der Waals surface area contributed by atoms with Gasteiger partial charge in [-0.05, 0) is 31.0 Å². The third-order valence-corrected chi connectivity index (χ3v) is 4.13. The summed E-state index contributed by atoms with van der Waals surface area (Å²) in [6.45, 7) is 4.47. The first-order chi connectivity index (χ1) is 10.1. The molecule has 0 saturated carbocycles. The minimum absolute atomic E-state index is 0.128. The smallest absolute Gasteiger partial charge is 0.253 e. The maximum absolute atomic E-state index is 11.7. The van der Waals surface area contributed by atoms with Crippen molar-refractivity contribution in [2.75, 3.05) is 5.75 Å².